The molecule has 2 aromatic rings. The molecular formula is C28H38N2O5S2. The van der Waals surface area contributed by atoms with Crippen LogP contribution in [0.2, 0.25) is 0 Å². The molecular weight excluding hydrogens is 508 g/mol. The summed E-state index contributed by atoms with van der Waals surface area (Å²) in [5, 5.41) is 6.42. The van der Waals surface area contributed by atoms with Crippen molar-refractivity contribution >= 4 is 38.0 Å². The number of fused-ring (bicyclic) bond motifs is 1. The van der Waals surface area contributed by atoms with Gasteiger partial charge in [0.25, 0.3) is 11.8 Å². The van der Waals surface area contributed by atoms with Crippen LogP contribution in [0, 0.1) is 5.92 Å². The molecule has 1 aromatic carbocycles. The smallest absolute Gasteiger partial charge is 0.256 e. The first-order valence-electron chi connectivity index (χ1n) is 13.5. The summed E-state index contributed by atoms with van der Waals surface area (Å²) in [6.07, 6.45) is 8.92. The van der Waals surface area contributed by atoms with E-state index in [-0.39, 0.29) is 23.3 Å². The van der Waals surface area contributed by atoms with E-state index in [1.165, 1.54) is 30.6 Å². The molecule has 1 aliphatic carbocycles. The number of unbranched alkanes of at least 4 members (excludes halogenated alkanes) is 4. The van der Waals surface area contributed by atoms with Gasteiger partial charge in [0.05, 0.1) is 23.7 Å². The number of hydrogen-bond acceptors (Lipinski definition) is 6. The first kappa shape index (κ1) is 27.6. The third kappa shape index (κ3) is 7.35. The molecule has 7 nitrogen and oxygen atoms in total. The summed E-state index contributed by atoms with van der Waals surface area (Å²) in [7, 11) is -3.11. The molecule has 37 heavy (non-hydrogen) atoms. The lowest BCUT2D eigenvalue weighted by Crippen LogP contribution is -2.36. The predicted octanol–water partition coefficient (Wildman–Crippen LogP) is 5.39. The van der Waals surface area contributed by atoms with E-state index in [2.05, 4.69) is 24.5 Å². The van der Waals surface area contributed by atoms with Crippen LogP contribution in [0.3, 0.4) is 0 Å². The van der Waals surface area contributed by atoms with Crippen LogP contribution in [0.15, 0.2) is 24.3 Å². The molecule has 9 heteroatoms. The van der Waals surface area contributed by atoms with Crippen molar-refractivity contribution in [3.63, 3.8) is 0 Å². The highest BCUT2D eigenvalue weighted by atomic mass is 32.2. The molecule has 2 atom stereocenters. The summed E-state index contributed by atoms with van der Waals surface area (Å²) in [5.41, 5.74) is 1.97. The standard InChI is InChI=1S/C28H38N2O5S2/c1-3-4-5-6-7-15-35-22-11-9-20(10-12-22)26(31)30-28-25(23-13-8-19(2)17-24(23)36-28)27(32)29-21-14-16-37(33,34)18-21/h9-12,19,21H,3-8,13-18H2,1-2H3,(H,29,32)(H,30,31). The summed E-state index contributed by atoms with van der Waals surface area (Å²) in [5.74, 6) is 0.738. The number of amides is 2. The number of carbonyl (C=O) groups is 2. The fourth-order valence-electron chi connectivity index (χ4n) is 5.02. The van der Waals surface area contributed by atoms with Crippen LogP contribution in [-0.2, 0) is 22.7 Å². The molecule has 1 aliphatic heterocycles. The lowest BCUT2D eigenvalue weighted by Gasteiger charge is -2.19. The van der Waals surface area contributed by atoms with Crippen LogP contribution in [-0.4, -0.2) is 44.4 Å². The average Bonchev–Trinajstić information content (AvgIpc) is 3.39. The van der Waals surface area contributed by atoms with Gasteiger partial charge in [-0.1, -0.05) is 39.5 Å². The lowest BCUT2D eigenvalue weighted by atomic mass is 9.88. The molecule has 4 rings (SSSR count). The summed E-state index contributed by atoms with van der Waals surface area (Å²) < 4.78 is 29.5. The first-order chi connectivity index (χ1) is 17.8. The van der Waals surface area contributed by atoms with E-state index in [0.29, 0.717) is 35.1 Å². The lowest BCUT2D eigenvalue weighted by molar-refractivity contribution is 0.0941. The topological polar surface area (TPSA) is 102 Å². The Bertz CT molecular complexity index is 1200. The maximum atomic E-state index is 13.3. The van der Waals surface area contributed by atoms with Crippen LogP contribution in [0.1, 0.15) is 89.9 Å². The highest BCUT2D eigenvalue weighted by Crippen LogP contribution is 2.40. The van der Waals surface area contributed by atoms with Crippen molar-refractivity contribution in [1.29, 1.82) is 0 Å². The Balaban J connectivity index is 1.43. The van der Waals surface area contributed by atoms with Crippen molar-refractivity contribution < 1.29 is 22.7 Å². The first-order valence-corrected chi connectivity index (χ1v) is 16.1. The zero-order chi connectivity index (χ0) is 26.4. The van der Waals surface area contributed by atoms with Gasteiger partial charge in [0.1, 0.15) is 10.8 Å². The Morgan fingerprint density at radius 1 is 1.05 bits per heavy atom. The highest BCUT2D eigenvalue weighted by molar-refractivity contribution is 7.91. The Morgan fingerprint density at radius 2 is 1.81 bits per heavy atom. The van der Waals surface area contributed by atoms with Crippen LogP contribution in [0.4, 0.5) is 5.00 Å². The molecule has 2 unspecified atom stereocenters. The minimum absolute atomic E-state index is 0.0308. The van der Waals surface area contributed by atoms with E-state index < -0.39 is 15.9 Å². The molecule has 0 bridgehead atoms. The van der Waals surface area contributed by atoms with Gasteiger partial charge in [-0.15, -0.1) is 11.3 Å². The minimum atomic E-state index is -3.11. The largest absolute Gasteiger partial charge is 0.494 e. The molecule has 1 fully saturated rings. The molecule has 1 saturated heterocycles. The van der Waals surface area contributed by atoms with E-state index in [1.54, 1.807) is 24.3 Å². The molecule has 1 aromatic heterocycles. The van der Waals surface area contributed by atoms with Crippen LogP contribution in [0.5, 0.6) is 5.75 Å². The van der Waals surface area contributed by atoms with Crippen LogP contribution in [0.25, 0.3) is 0 Å². The molecule has 202 valence electrons. The van der Waals surface area contributed by atoms with Gasteiger partial charge in [-0.25, -0.2) is 8.42 Å². The number of anilines is 1. The third-order valence-corrected chi connectivity index (χ3v) is 10.1. The maximum absolute atomic E-state index is 13.3. The van der Waals surface area contributed by atoms with E-state index >= 15 is 0 Å². The Labute approximate surface area is 224 Å². The van der Waals surface area contributed by atoms with Gasteiger partial charge in [0.2, 0.25) is 0 Å². The minimum Gasteiger partial charge on any atom is -0.494 e. The van der Waals surface area contributed by atoms with Gasteiger partial charge in [-0.3, -0.25) is 9.59 Å². The number of hydrogen-bond donors (Lipinski definition) is 2. The number of benzene rings is 1. The van der Waals surface area contributed by atoms with Crippen molar-refractivity contribution in [2.24, 2.45) is 5.92 Å². The molecule has 2 heterocycles. The number of nitrogens with one attached hydrogen (secondary N) is 2. The number of carbonyl (C=O) groups excluding carboxylic acids is 2. The SMILES string of the molecule is CCCCCCCOc1ccc(C(=O)Nc2sc3c(c2C(=O)NC2CCS(=O)(=O)C2)CCC(C)C3)cc1. The van der Waals surface area contributed by atoms with Gasteiger partial charge in [0.15, 0.2) is 9.84 Å². The Hall–Kier alpha value is -2.39. The quantitative estimate of drug-likeness (QED) is 0.368. The Kier molecular flexibility index (Phi) is 9.29. The van der Waals surface area contributed by atoms with E-state index in [4.69, 9.17) is 4.74 Å². The van der Waals surface area contributed by atoms with Crippen LogP contribution < -0.4 is 15.4 Å². The third-order valence-electron chi connectivity index (χ3n) is 7.17. The van der Waals surface area contributed by atoms with Crippen molar-refractivity contribution in [1.82, 2.24) is 5.32 Å². The van der Waals surface area contributed by atoms with Crippen molar-refractivity contribution in [3.05, 3.63) is 45.8 Å². The van der Waals surface area contributed by atoms with E-state index in [1.807, 2.05) is 0 Å². The Morgan fingerprint density at radius 3 is 2.51 bits per heavy atom. The van der Waals surface area contributed by atoms with Crippen molar-refractivity contribution in [2.75, 3.05) is 23.4 Å². The predicted molar refractivity (Wildman–Crippen MR) is 149 cm³/mol. The summed E-state index contributed by atoms with van der Waals surface area (Å²) >= 11 is 1.46. The van der Waals surface area contributed by atoms with Crippen molar-refractivity contribution in [2.45, 2.75) is 77.7 Å². The number of thiophene rings is 1. The normalized spacial score (nSPS) is 20.3. The maximum Gasteiger partial charge on any atom is 0.256 e. The second-order valence-corrected chi connectivity index (χ2v) is 13.7. The number of rotatable bonds is 11. The zero-order valence-electron chi connectivity index (χ0n) is 21.8. The fraction of sp³-hybridized carbons (Fsp3) is 0.571. The summed E-state index contributed by atoms with van der Waals surface area (Å²) in [4.78, 5) is 27.6. The van der Waals surface area contributed by atoms with Gasteiger partial charge >= 0.3 is 0 Å². The van der Waals surface area contributed by atoms with E-state index in [9.17, 15) is 18.0 Å². The van der Waals surface area contributed by atoms with Gasteiger partial charge < -0.3 is 15.4 Å². The van der Waals surface area contributed by atoms with Crippen molar-refractivity contribution in [3.8, 4) is 5.75 Å². The molecule has 0 spiro atoms. The molecule has 2 aliphatic rings. The summed E-state index contributed by atoms with van der Waals surface area (Å²) in [6.45, 7) is 5.05. The number of ether oxygens (including phenoxy) is 1. The molecule has 0 radical (unpaired) electrons. The van der Waals surface area contributed by atoms with E-state index in [0.717, 1.165) is 48.3 Å². The number of sulfone groups is 1. The monoisotopic (exact) mass is 546 g/mol. The summed E-state index contributed by atoms with van der Waals surface area (Å²) in [6, 6.07) is 6.69. The second-order valence-electron chi connectivity index (χ2n) is 10.4. The van der Waals surface area contributed by atoms with Crippen LogP contribution >= 0.6 is 11.3 Å². The second kappa shape index (κ2) is 12.4. The van der Waals surface area contributed by atoms with Gasteiger partial charge in [-0.05, 0) is 67.9 Å². The molecule has 0 saturated carbocycles. The van der Waals surface area contributed by atoms with Gasteiger partial charge in [-0.2, -0.15) is 0 Å². The zero-order valence-corrected chi connectivity index (χ0v) is 23.4. The highest BCUT2D eigenvalue weighted by Gasteiger charge is 2.33. The average molecular weight is 547 g/mol. The molecule has 2 amide bonds. The molecule has 2 N–H and O–H groups in total. The van der Waals surface area contributed by atoms with Gasteiger partial charge in [0, 0.05) is 16.5 Å². The fourth-order valence-corrected chi connectivity index (χ4v) is 8.10.